The van der Waals surface area contributed by atoms with Gasteiger partial charge in [0.15, 0.2) is 0 Å². The largest absolute Gasteiger partial charge is 0.312 e. The molecule has 4 amide bonds. The van der Waals surface area contributed by atoms with Gasteiger partial charge in [-0.1, -0.05) is 6.07 Å². The normalized spacial score (nSPS) is 20.6. The fourth-order valence-electron chi connectivity index (χ4n) is 4.39. The maximum absolute atomic E-state index is 12.9. The van der Waals surface area contributed by atoms with Crippen LogP contribution in [0.25, 0.3) is 0 Å². The molecule has 5 rings (SSSR count). The van der Waals surface area contributed by atoms with Gasteiger partial charge in [-0.15, -0.1) is 0 Å². The molecule has 3 aliphatic rings. The number of imide groups is 2. The lowest BCUT2D eigenvalue weighted by molar-refractivity contribution is -0.136. The van der Waals surface area contributed by atoms with Crippen molar-refractivity contribution in [3.63, 3.8) is 0 Å². The van der Waals surface area contributed by atoms with Gasteiger partial charge in [-0.05, 0) is 24.1 Å². The molecule has 10 nitrogen and oxygen atoms in total. The van der Waals surface area contributed by atoms with Gasteiger partial charge in [-0.3, -0.25) is 34.5 Å². The Kier molecular flexibility index (Phi) is 4.87. The zero-order valence-corrected chi connectivity index (χ0v) is 16.8. The summed E-state index contributed by atoms with van der Waals surface area (Å²) >= 11 is 0. The van der Waals surface area contributed by atoms with E-state index in [1.807, 2.05) is 0 Å². The summed E-state index contributed by atoms with van der Waals surface area (Å²) in [5.41, 5.74) is 4.77. The number of benzene rings is 1. The van der Waals surface area contributed by atoms with E-state index in [2.05, 4.69) is 26.1 Å². The Hall–Kier alpha value is -3.37. The Bertz CT molecular complexity index is 1110. The van der Waals surface area contributed by atoms with Gasteiger partial charge in [0, 0.05) is 50.3 Å². The smallest absolute Gasteiger partial charge is 0.262 e. The van der Waals surface area contributed by atoms with Crippen molar-refractivity contribution in [3.05, 3.63) is 51.8 Å². The predicted octanol–water partition coefficient (Wildman–Crippen LogP) is -0.254. The van der Waals surface area contributed by atoms with Crippen LogP contribution in [0.5, 0.6) is 0 Å². The monoisotopic (exact) mass is 422 g/mol. The molecule has 0 radical (unpaired) electrons. The number of nitrogens with one attached hydrogen (secondary N) is 4. The fraction of sp³-hybridized carbons (Fsp3) is 0.381. The van der Waals surface area contributed by atoms with E-state index in [-0.39, 0.29) is 29.9 Å². The maximum Gasteiger partial charge on any atom is 0.262 e. The molecular weight excluding hydrogens is 400 g/mol. The van der Waals surface area contributed by atoms with Crippen molar-refractivity contribution in [2.45, 2.75) is 44.9 Å². The van der Waals surface area contributed by atoms with Gasteiger partial charge in [0.1, 0.15) is 6.04 Å². The lowest BCUT2D eigenvalue weighted by Crippen LogP contribution is -2.54. The number of aromatic nitrogens is 2. The van der Waals surface area contributed by atoms with Crippen LogP contribution in [0.3, 0.4) is 0 Å². The number of carbonyl (C=O) groups excluding carboxylic acids is 4. The first kappa shape index (κ1) is 19.6. The lowest BCUT2D eigenvalue weighted by atomic mass is 10.0. The molecule has 1 aromatic carbocycles. The van der Waals surface area contributed by atoms with Crippen LogP contribution in [0.4, 0.5) is 0 Å². The van der Waals surface area contributed by atoms with Crippen molar-refractivity contribution < 1.29 is 19.2 Å². The zero-order valence-electron chi connectivity index (χ0n) is 16.8. The summed E-state index contributed by atoms with van der Waals surface area (Å²) in [6, 6.07) is 4.16. The molecule has 1 fully saturated rings. The highest BCUT2D eigenvalue weighted by atomic mass is 16.2. The van der Waals surface area contributed by atoms with Crippen molar-refractivity contribution in [2.24, 2.45) is 0 Å². The number of amides is 4. The van der Waals surface area contributed by atoms with Gasteiger partial charge >= 0.3 is 0 Å². The first-order chi connectivity index (χ1) is 15.0. The van der Waals surface area contributed by atoms with E-state index in [1.165, 1.54) is 11.3 Å². The third-order valence-corrected chi connectivity index (χ3v) is 6.02. The Morgan fingerprint density at radius 2 is 1.90 bits per heavy atom. The van der Waals surface area contributed by atoms with Crippen LogP contribution in [0.1, 0.15) is 56.1 Å². The molecule has 1 aromatic heterocycles. The first-order valence-corrected chi connectivity index (χ1v) is 10.3. The number of piperidine rings is 1. The van der Waals surface area contributed by atoms with E-state index in [0.29, 0.717) is 13.1 Å². The van der Waals surface area contributed by atoms with Crippen molar-refractivity contribution in [1.82, 2.24) is 31.0 Å². The van der Waals surface area contributed by atoms with Gasteiger partial charge in [0.2, 0.25) is 11.8 Å². The van der Waals surface area contributed by atoms with Gasteiger partial charge in [-0.2, -0.15) is 5.10 Å². The molecule has 4 heterocycles. The molecule has 10 heteroatoms. The molecule has 0 saturated carbocycles. The number of hydrogen-bond donors (Lipinski definition) is 4. The van der Waals surface area contributed by atoms with Crippen molar-refractivity contribution in [2.75, 3.05) is 6.54 Å². The second kappa shape index (κ2) is 7.71. The summed E-state index contributed by atoms with van der Waals surface area (Å²) in [7, 11) is 0. The van der Waals surface area contributed by atoms with Gasteiger partial charge < -0.3 is 10.6 Å². The number of carbonyl (C=O) groups is 4. The summed E-state index contributed by atoms with van der Waals surface area (Å²) < 4.78 is 0. The summed E-state index contributed by atoms with van der Waals surface area (Å²) in [5.74, 6) is -1.99. The van der Waals surface area contributed by atoms with Crippen LogP contribution in [-0.2, 0) is 35.6 Å². The summed E-state index contributed by atoms with van der Waals surface area (Å²) in [4.78, 5) is 50.2. The average molecular weight is 422 g/mol. The Labute approximate surface area is 177 Å². The molecule has 0 bridgehead atoms. The van der Waals surface area contributed by atoms with Gasteiger partial charge in [0.05, 0.1) is 16.8 Å². The predicted molar refractivity (Wildman–Crippen MR) is 108 cm³/mol. The average Bonchev–Trinajstić information content (AvgIpc) is 3.28. The van der Waals surface area contributed by atoms with E-state index in [4.69, 9.17) is 0 Å². The number of H-pyrrole nitrogens is 1. The Balaban J connectivity index is 1.27. The number of aromatic amines is 1. The molecule has 1 atom stereocenters. The van der Waals surface area contributed by atoms with Crippen molar-refractivity contribution >= 4 is 23.6 Å². The molecule has 3 aliphatic heterocycles. The fourth-order valence-corrected chi connectivity index (χ4v) is 4.39. The number of nitrogens with zero attached hydrogens (tertiary/aromatic N) is 2. The lowest BCUT2D eigenvalue weighted by Gasteiger charge is -2.27. The van der Waals surface area contributed by atoms with Crippen molar-refractivity contribution in [1.29, 1.82) is 0 Å². The second-order valence-electron chi connectivity index (χ2n) is 7.98. The van der Waals surface area contributed by atoms with Crippen LogP contribution in [0.15, 0.2) is 18.2 Å². The van der Waals surface area contributed by atoms with Gasteiger partial charge in [0.25, 0.3) is 11.8 Å². The Morgan fingerprint density at radius 3 is 2.74 bits per heavy atom. The van der Waals surface area contributed by atoms with Gasteiger partial charge in [-0.25, -0.2) is 0 Å². The first-order valence-electron chi connectivity index (χ1n) is 10.3. The number of fused-ring (bicyclic) bond motifs is 2. The SMILES string of the molecule is O=C1CCC(N2C(=O)c3ccc(CNCc4n[nH]c5c4CNCC5)cc3C2=O)C(=O)N1. The molecule has 0 spiro atoms. The van der Waals surface area contributed by atoms with Crippen LogP contribution < -0.4 is 16.0 Å². The van der Waals surface area contributed by atoms with E-state index >= 15 is 0 Å². The van der Waals surface area contributed by atoms with Crippen LogP contribution in [-0.4, -0.2) is 51.3 Å². The highest BCUT2D eigenvalue weighted by Crippen LogP contribution is 2.28. The van der Waals surface area contributed by atoms with Crippen LogP contribution in [0, 0.1) is 0 Å². The second-order valence-corrected chi connectivity index (χ2v) is 7.98. The van der Waals surface area contributed by atoms with E-state index in [9.17, 15) is 19.2 Å². The third kappa shape index (κ3) is 3.43. The minimum Gasteiger partial charge on any atom is -0.312 e. The molecule has 4 N–H and O–H groups in total. The highest BCUT2D eigenvalue weighted by Gasteiger charge is 2.44. The topological polar surface area (TPSA) is 136 Å². The van der Waals surface area contributed by atoms with Crippen LogP contribution >= 0.6 is 0 Å². The van der Waals surface area contributed by atoms with Crippen molar-refractivity contribution in [3.8, 4) is 0 Å². The molecule has 160 valence electrons. The summed E-state index contributed by atoms with van der Waals surface area (Å²) in [6.07, 6.45) is 1.19. The van der Waals surface area contributed by atoms with Crippen LogP contribution in [0.2, 0.25) is 0 Å². The van der Waals surface area contributed by atoms with E-state index in [0.717, 1.165) is 35.7 Å². The molecule has 0 aliphatic carbocycles. The molecule has 1 saturated heterocycles. The molecule has 31 heavy (non-hydrogen) atoms. The molecular formula is C21H22N6O4. The minimum atomic E-state index is -0.953. The molecule has 2 aromatic rings. The Morgan fingerprint density at radius 1 is 1.06 bits per heavy atom. The number of rotatable bonds is 5. The zero-order chi connectivity index (χ0) is 21.5. The quantitative estimate of drug-likeness (QED) is 0.488. The maximum atomic E-state index is 12.9. The van der Waals surface area contributed by atoms with E-state index in [1.54, 1.807) is 18.2 Å². The number of hydrogen-bond acceptors (Lipinski definition) is 7. The minimum absolute atomic E-state index is 0.103. The summed E-state index contributed by atoms with van der Waals surface area (Å²) in [6.45, 7) is 2.83. The highest BCUT2D eigenvalue weighted by molar-refractivity contribution is 6.23. The summed E-state index contributed by atoms with van der Waals surface area (Å²) in [5, 5.41) is 16.4. The standard InChI is InChI=1S/C21H22N6O4/c28-18-4-3-17(19(29)24-18)27-20(30)12-2-1-11(7-13(12)21(27)31)8-23-10-16-14-9-22-6-5-15(14)25-26-16/h1-2,7,17,22-23H,3-6,8-10H2,(H,25,26)(H,24,28,29). The third-order valence-electron chi connectivity index (χ3n) is 6.02. The van der Waals surface area contributed by atoms with E-state index < -0.39 is 23.8 Å². The molecule has 1 unspecified atom stereocenters.